The highest BCUT2D eigenvalue weighted by Crippen LogP contribution is 2.25. The minimum atomic E-state index is -0.491. The third-order valence-corrected chi connectivity index (χ3v) is 3.64. The fraction of sp³-hybridized carbons (Fsp3) is 0.188. The van der Waals surface area contributed by atoms with Gasteiger partial charge in [-0.1, -0.05) is 35.0 Å². The average Bonchev–Trinajstić information content (AvgIpc) is 2.47. The Kier molecular flexibility index (Phi) is 4.75. The Hall–Kier alpha value is -1.86. The molecule has 0 aliphatic heterocycles. The second-order valence-electron chi connectivity index (χ2n) is 4.46. The van der Waals surface area contributed by atoms with Gasteiger partial charge in [0.2, 0.25) is 0 Å². The minimum Gasteiger partial charge on any atom is -0.378 e. The molecule has 2 nitrogen and oxygen atoms in total. The number of nitriles is 1. The first kappa shape index (κ1) is 14.5. The standard InChI is InChI=1S/C16H14BrFN2/c1-2-16(11-3-5-13(17)6-4-11)20-14-7-8-15(18)12(9-14)10-19/h3-9,16,20H,2H2,1H3. The van der Waals surface area contributed by atoms with Crippen molar-refractivity contribution in [2.24, 2.45) is 0 Å². The van der Waals surface area contributed by atoms with Crippen molar-refractivity contribution < 1.29 is 4.39 Å². The molecular formula is C16H14BrFN2. The van der Waals surface area contributed by atoms with E-state index in [1.54, 1.807) is 6.07 Å². The maximum atomic E-state index is 13.3. The van der Waals surface area contributed by atoms with Gasteiger partial charge in [-0.05, 0) is 42.3 Å². The van der Waals surface area contributed by atoms with Crippen LogP contribution in [-0.4, -0.2) is 0 Å². The van der Waals surface area contributed by atoms with Gasteiger partial charge in [0.25, 0.3) is 0 Å². The monoisotopic (exact) mass is 332 g/mol. The van der Waals surface area contributed by atoms with Crippen LogP contribution in [0.15, 0.2) is 46.9 Å². The van der Waals surface area contributed by atoms with Crippen LogP contribution in [0.4, 0.5) is 10.1 Å². The Bertz CT molecular complexity index is 632. The van der Waals surface area contributed by atoms with E-state index >= 15 is 0 Å². The summed E-state index contributed by atoms with van der Waals surface area (Å²) < 4.78 is 14.3. The summed E-state index contributed by atoms with van der Waals surface area (Å²) in [5.41, 5.74) is 1.96. The van der Waals surface area contributed by atoms with Crippen LogP contribution in [0.1, 0.15) is 30.5 Å². The minimum absolute atomic E-state index is 0.0562. The summed E-state index contributed by atoms with van der Waals surface area (Å²) in [5, 5.41) is 12.2. The molecule has 20 heavy (non-hydrogen) atoms. The van der Waals surface area contributed by atoms with E-state index in [0.717, 1.165) is 22.1 Å². The van der Waals surface area contributed by atoms with Gasteiger partial charge >= 0.3 is 0 Å². The van der Waals surface area contributed by atoms with Gasteiger partial charge in [0, 0.05) is 10.2 Å². The van der Waals surface area contributed by atoms with E-state index < -0.39 is 5.82 Å². The molecule has 0 aliphatic carbocycles. The van der Waals surface area contributed by atoms with Crippen LogP contribution < -0.4 is 5.32 Å². The molecule has 1 atom stereocenters. The van der Waals surface area contributed by atoms with Crippen LogP contribution in [0.2, 0.25) is 0 Å². The fourth-order valence-electron chi connectivity index (χ4n) is 2.02. The summed E-state index contributed by atoms with van der Waals surface area (Å²) >= 11 is 3.41. The highest BCUT2D eigenvalue weighted by atomic mass is 79.9. The lowest BCUT2D eigenvalue weighted by Crippen LogP contribution is -2.09. The molecule has 102 valence electrons. The van der Waals surface area contributed by atoms with Gasteiger partial charge in [-0.15, -0.1) is 0 Å². The molecule has 0 fully saturated rings. The van der Waals surface area contributed by atoms with E-state index in [0.29, 0.717) is 0 Å². The molecule has 0 saturated carbocycles. The van der Waals surface area contributed by atoms with Crippen LogP contribution in [0.3, 0.4) is 0 Å². The molecule has 0 aromatic heterocycles. The Labute approximate surface area is 126 Å². The molecule has 0 saturated heterocycles. The summed E-state index contributed by atoms with van der Waals surface area (Å²) in [6.45, 7) is 2.08. The third-order valence-electron chi connectivity index (χ3n) is 3.11. The van der Waals surface area contributed by atoms with E-state index in [4.69, 9.17) is 5.26 Å². The lowest BCUT2D eigenvalue weighted by Gasteiger charge is -2.19. The number of hydrogen-bond acceptors (Lipinski definition) is 2. The Morgan fingerprint density at radius 3 is 2.55 bits per heavy atom. The fourth-order valence-corrected chi connectivity index (χ4v) is 2.28. The molecule has 0 radical (unpaired) electrons. The summed E-state index contributed by atoms with van der Waals surface area (Å²) in [4.78, 5) is 0. The molecule has 0 spiro atoms. The van der Waals surface area contributed by atoms with Crippen molar-refractivity contribution in [3.8, 4) is 6.07 Å². The number of benzene rings is 2. The highest BCUT2D eigenvalue weighted by Gasteiger charge is 2.10. The molecule has 2 rings (SSSR count). The van der Waals surface area contributed by atoms with E-state index in [1.165, 1.54) is 12.1 Å². The lowest BCUT2D eigenvalue weighted by atomic mass is 10.0. The normalized spacial score (nSPS) is 11.7. The van der Waals surface area contributed by atoms with E-state index in [-0.39, 0.29) is 11.6 Å². The highest BCUT2D eigenvalue weighted by molar-refractivity contribution is 9.10. The van der Waals surface area contributed by atoms with E-state index in [1.807, 2.05) is 30.3 Å². The van der Waals surface area contributed by atoms with Crippen LogP contribution in [0, 0.1) is 17.1 Å². The number of nitrogens with one attached hydrogen (secondary N) is 1. The number of hydrogen-bond donors (Lipinski definition) is 1. The topological polar surface area (TPSA) is 35.8 Å². The molecule has 4 heteroatoms. The third kappa shape index (κ3) is 3.37. The number of rotatable bonds is 4. The van der Waals surface area contributed by atoms with Gasteiger partial charge in [-0.3, -0.25) is 0 Å². The molecule has 0 amide bonds. The molecule has 2 aromatic carbocycles. The van der Waals surface area contributed by atoms with Gasteiger partial charge in [-0.25, -0.2) is 4.39 Å². The predicted molar refractivity (Wildman–Crippen MR) is 81.9 cm³/mol. The molecular weight excluding hydrogens is 319 g/mol. The van der Waals surface area contributed by atoms with Crippen LogP contribution in [0.25, 0.3) is 0 Å². The van der Waals surface area contributed by atoms with Crippen molar-refractivity contribution in [3.05, 3.63) is 63.9 Å². The second-order valence-corrected chi connectivity index (χ2v) is 5.38. The van der Waals surface area contributed by atoms with Crippen molar-refractivity contribution in [1.82, 2.24) is 0 Å². The quantitative estimate of drug-likeness (QED) is 0.852. The largest absolute Gasteiger partial charge is 0.378 e. The first-order valence-corrected chi connectivity index (χ1v) is 7.15. The van der Waals surface area contributed by atoms with Gasteiger partial charge < -0.3 is 5.32 Å². The summed E-state index contributed by atoms with van der Waals surface area (Å²) in [7, 11) is 0. The van der Waals surface area contributed by atoms with E-state index in [2.05, 4.69) is 28.2 Å². The first-order valence-electron chi connectivity index (χ1n) is 6.35. The molecule has 1 unspecified atom stereocenters. The maximum absolute atomic E-state index is 13.3. The number of anilines is 1. The smallest absolute Gasteiger partial charge is 0.141 e. The van der Waals surface area contributed by atoms with Gasteiger partial charge in [0.1, 0.15) is 11.9 Å². The number of halogens is 2. The molecule has 1 N–H and O–H groups in total. The molecule has 0 bridgehead atoms. The van der Waals surface area contributed by atoms with E-state index in [9.17, 15) is 4.39 Å². The average molecular weight is 333 g/mol. The number of nitrogens with zero attached hydrogens (tertiary/aromatic N) is 1. The molecule has 0 aliphatic rings. The van der Waals surface area contributed by atoms with Crippen LogP contribution in [0.5, 0.6) is 0 Å². The van der Waals surface area contributed by atoms with Gasteiger partial charge in [0.15, 0.2) is 0 Å². The summed E-state index contributed by atoms with van der Waals surface area (Å²) in [6, 6.07) is 14.5. The summed E-state index contributed by atoms with van der Waals surface area (Å²) in [5.74, 6) is -0.491. The Morgan fingerprint density at radius 2 is 1.95 bits per heavy atom. The predicted octanol–water partition coefficient (Wildman–Crippen LogP) is 5.02. The Morgan fingerprint density at radius 1 is 1.25 bits per heavy atom. The van der Waals surface area contributed by atoms with Crippen molar-refractivity contribution in [2.75, 3.05) is 5.32 Å². The summed E-state index contributed by atoms with van der Waals surface area (Å²) in [6.07, 6.45) is 0.890. The van der Waals surface area contributed by atoms with Crippen molar-refractivity contribution >= 4 is 21.6 Å². The van der Waals surface area contributed by atoms with Crippen LogP contribution >= 0.6 is 15.9 Å². The lowest BCUT2D eigenvalue weighted by molar-refractivity contribution is 0.624. The van der Waals surface area contributed by atoms with Gasteiger partial charge in [-0.2, -0.15) is 5.26 Å². The zero-order chi connectivity index (χ0) is 14.5. The molecule has 0 heterocycles. The van der Waals surface area contributed by atoms with Crippen molar-refractivity contribution in [3.63, 3.8) is 0 Å². The maximum Gasteiger partial charge on any atom is 0.141 e. The zero-order valence-electron chi connectivity index (χ0n) is 11.0. The SMILES string of the molecule is CCC(Nc1ccc(F)c(C#N)c1)c1ccc(Br)cc1. The second kappa shape index (κ2) is 6.53. The zero-order valence-corrected chi connectivity index (χ0v) is 12.6. The first-order chi connectivity index (χ1) is 9.63. The molecule has 2 aromatic rings. The van der Waals surface area contributed by atoms with Crippen molar-refractivity contribution in [2.45, 2.75) is 19.4 Å². The van der Waals surface area contributed by atoms with Gasteiger partial charge in [0.05, 0.1) is 11.6 Å². The Balaban J connectivity index is 2.22. The van der Waals surface area contributed by atoms with Crippen LogP contribution in [-0.2, 0) is 0 Å². The van der Waals surface area contributed by atoms with Crippen molar-refractivity contribution in [1.29, 1.82) is 5.26 Å².